The van der Waals surface area contributed by atoms with E-state index in [1.54, 1.807) is 30.3 Å². The molecule has 0 saturated carbocycles. The topological polar surface area (TPSA) is 64.9 Å². The van der Waals surface area contributed by atoms with Gasteiger partial charge in [0.1, 0.15) is 0 Å². The molecule has 2 rings (SSSR count). The van der Waals surface area contributed by atoms with Crippen LogP contribution in [0.1, 0.15) is 21.5 Å². The van der Waals surface area contributed by atoms with Crippen LogP contribution in [0.15, 0.2) is 42.5 Å². The summed E-state index contributed by atoms with van der Waals surface area (Å²) >= 11 is 0. The number of nitrogens with one attached hydrogen (secondary N) is 2. The summed E-state index contributed by atoms with van der Waals surface area (Å²) in [6.07, 6.45) is 0. The number of carbonyl (C=O) groups excluding carboxylic acids is 1. The van der Waals surface area contributed by atoms with E-state index in [1.165, 1.54) is 0 Å². The second-order valence-corrected chi connectivity index (χ2v) is 4.42. The molecule has 2 aromatic rings. The molecule has 0 spiro atoms. The second kappa shape index (κ2) is 5.89. The Labute approximate surface area is 118 Å². The van der Waals surface area contributed by atoms with Crippen molar-refractivity contribution >= 4 is 17.3 Å². The Bertz CT molecular complexity index is 669. The molecule has 2 N–H and O–H groups in total. The normalized spacial score (nSPS) is 9.65. The SMILES string of the molecule is CNc1ccc(C(=O)Nc2ccc(C#N)cc2)c(C)c1. The van der Waals surface area contributed by atoms with Crippen molar-refractivity contribution in [3.63, 3.8) is 0 Å². The Morgan fingerprint density at radius 1 is 1.10 bits per heavy atom. The summed E-state index contributed by atoms with van der Waals surface area (Å²) in [5.74, 6) is -0.158. The smallest absolute Gasteiger partial charge is 0.255 e. The van der Waals surface area contributed by atoms with Gasteiger partial charge in [0.05, 0.1) is 11.6 Å². The molecule has 0 bridgehead atoms. The molecule has 0 aliphatic heterocycles. The molecule has 0 unspecified atom stereocenters. The lowest BCUT2D eigenvalue weighted by atomic mass is 10.1. The van der Waals surface area contributed by atoms with Crippen LogP contribution in [0.25, 0.3) is 0 Å². The molecule has 100 valence electrons. The summed E-state index contributed by atoms with van der Waals surface area (Å²) < 4.78 is 0. The lowest BCUT2D eigenvalue weighted by Gasteiger charge is -2.09. The highest BCUT2D eigenvalue weighted by molar-refractivity contribution is 6.05. The molecule has 4 heteroatoms. The number of benzene rings is 2. The van der Waals surface area contributed by atoms with E-state index in [1.807, 2.05) is 32.2 Å². The van der Waals surface area contributed by atoms with E-state index in [0.717, 1.165) is 11.3 Å². The van der Waals surface area contributed by atoms with Crippen molar-refractivity contribution < 1.29 is 4.79 Å². The number of anilines is 2. The van der Waals surface area contributed by atoms with E-state index in [4.69, 9.17) is 5.26 Å². The minimum absolute atomic E-state index is 0.158. The number of rotatable bonds is 3. The van der Waals surface area contributed by atoms with Gasteiger partial charge in [0, 0.05) is 24.0 Å². The van der Waals surface area contributed by atoms with E-state index >= 15 is 0 Å². The number of nitrogens with zero attached hydrogens (tertiary/aromatic N) is 1. The first-order chi connectivity index (χ1) is 9.63. The molecule has 0 aliphatic carbocycles. The van der Waals surface area contributed by atoms with Crippen molar-refractivity contribution in [2.45, 2.75) is 6.92 Å². The van der Waals surface area contributed by atoms with Crippen molar-refractivity contribution in [3.05, 3.63) is 59.2 Å². The molecule has 0 aromatic heterocycles. The van der Waals surface area contributed by atoms with E-state index in [-0.39, 0.29) is 5.91 Å². The van der Waals surface area contributed by atoms with Gasteiger partial charge >= 0.3 is 0 Å². The van der Waals surface area contributed by atoms with Crippen LogP contribution in [0.5, 0.6) is 0 Å². The van der Waals surface area contributed by atoms with Crippen LogP contribution in [-0.4, -0.2) is 13.0 Å². The van der Waals surface area contributed by atoms with Gasteiger partial charge in [-0.15, -0.1) is 0 Å². The van der Waals surface area contributed by atoms with Gasteiger partial charge in [0.15, 0.2) is 0 Å². The lowest BCUT2D eigenvalue weighted by molar-refractivity contribution is 0.102. The Kier molecular flexibility index (Phi) is 4.02. The van der Waals surface area contributed by atoms with Crippen LogP contribution >= 0.6 is 0 Å². The van der Waals surface area contributed by atoms with E-state index < -0.39 is 0 Å². The molecular formula is C16H15N3O. The second-order valence-electron chi connectivity index (χ2n) is 4.42. The number of carbonyl (C=O) groups is 1. The quantitative estimate of drug-likeness (QED) is 0.896. The fourth-order valence-electron chi connectivity index (χ4n) is 1.90. The zero-order chi connectivity index (χ0) is 14.5. The van der Waals surface area contributed by atoms with Gasteiger partial charge in [0.25, 0.3) is 5.91 Å². The van der Waals surface area contributed by atoms with E-state index in [2.05, 4.69) is 10.6 Å². The highest BCUT2D eigenvalue weighted by atomic mass is 16.1. The summed E-state index contributed by atoms with van der Waals surface area (Å²) in [4.78, 5) is 12.2. The van der Waals surface area contributed by atoms with Gasteiger partial charge < -0.3 is 10.6 Å². The Balaban J connectivity index is 2.17. The zero-order valence-electron chi connectivity index (χ0n) is 11.4. The first-order valence-corrected chi connectivity index (χ1v) is 6.24. The third-order valence-electron chi connectivity index (χ3n) is 3.03. The molecule has 2 aromatic carbocycles. The summed E-state index contributed by atoms with van der Waals surface area (Å²) in [6, 6.07) is 14.4. The molecule has 1 amide bonds. The Morgan fingerprint density at radius 3 is 2.30 bits per heavy atom. The Hall–Kier alpha value is -2.80. The Morgan fingerprint density at radius 2 is 1.75 bits per heavy atom. The standard InChI is InChI=1S/C16H15N3O/c1-11-9-14(18-2)7-8-15(11)16(20)19-13-5-3-12(10-17)4-6-13/h3-9,18H,1-2H3,(H,19,20). The fraction of sp³-hybridized carbons (Fsp3) is 0.125. The highest BCUT2D eigenvalue weighted by Crippen LogP contribution is 2.17. The predicted octanol–water partition coefficient (Wildman–Crippen LogP) is 3.16. The van der Waals surface area contributed by atoms with Gasteiger partial charge in [-0.1, -0.05) is 0 Å². The van der Waals surface area contributed by atoms with E-state index in [0.29, 0.717) is 16.8 Å². The third-order valence-corrected chi connectivity index (χ3v) is 3.03. The van der Waals surface area contributed by atoms with Crippen LogP contribution in [0, 0.1) is 18.3 Å². The number of aryl methyl sites for hydroxylation is 1. The number of nitriles is 1. The lowest BCUT2D eigenvalue weighted by Crippen LogP contribution is -2.13. The van der Waals surface area contributed by atoms with Crippen LogP contribution in [0.3, 0.4) is 0 Å². The summed E-state index contributed by atoms with van der Waals surface area (Å²) in [5.41, 5.74) is 3.75. The molecule has 0 atom stereocenters. The maximum atomic E-state index is 12.2. The predicted molar refractivity (Wildman–Crippen MR) is 79.8 cm³/mol. The van der Waals surface area contributed by atoms with Gasteiger partial charge in [-0.3, -0.25) is 4.79 Å². The van der Waals surface area contributed by atoms with Gasteiger partial charge in [-0.05, 0) is 55.0 Å². The number of hydrogen-bond donors (Lipinski definition) is 2. The fourth-order valence-corrected chi connectivity index (χ4v) is 1.90. The van der Waals surface area contributed by atoms with Crippen LogP contribution in [0.4, 0.5) is 11.4 Å². The molecule has 0 saturated heterocycles. The average molecular weight is 265 g/mol. The maximum Gasteiger partial charge on any atom is 0.255 e. The van der Waals surface area contributed by atoms with Crippen molar-refractivity contribution in [3.8, 4) is 6.07 Å². The average Bonchev–Trinajstić information content (AvgIpc) is 2.47. The van der Waals surface area contributed by atoms with Gasteiger partial charge in [-0.25, -0.2) is 0 Å². The van der Waals surface area contributed by atoms with Crippen LogP contribution in [0.2, 0.25) is 0 Å². The molecular weight excluding hydrogens is 250 g/mol. The first kappa shape index (κ1) is 13.6. The van der Waals surface area contributed by atoms with E-state index in [9.17, 15) is 4.79 Å². The van der Waals surface area contributed by atoms with Gasteiger partial charge in [-0.2, -0.15) is 5.26 Å². The van der Waals surface area contributed by atoms with Crippen molar-refractivity contribution in [2.75, 3.05) is 17.7 Å². The molecule has 0 aliphatic rings. The minimum Gasteiger partial charge on any atom is -0.388 e. The first-order valence-electron chi connectivity index (χ1n) is 6.24. The molecule has 0 fully saturated rings. The van der Waals surface area contributed by atoms with Crippen molar-refractivity contribution in [1.82, 2.24) is 0 Å². The number of amides is 1. The third kappa shape index (κ3) is 2.96. The highest BCUT2D eigenvalue weighted by Gasteiger charge is 2.09. The molecule has 4 nitrogen and oxygen atoms in total. The maximum absolute atomic E-state index is 12.2. The largest absolute Gasteiger partial charge is 0.388 e. The van der Waals surface area contributed by atoms with Crippen LogP contribution in [-0.2, 0) is 0 Å². The summed E-state index contributed by atoms with van der Waals surface area (Å²) in [6.45, 7) is 1.90. The van der Waals surface area contributed by atoms with Crippen LogP contribution < -0.4 is 10.6 Å². The summed E-state index contributed by atoms with van der Waals surface area (Å²) in [5, 5.41) is 14.6. The monoisotopic (exact) mass is 265 g/mol. The molecule has 0 heterocycles. The minimum atomic E-state index is -0.158. The number of hydrogen-bond acceptors (Lipinski definition) is 3. The van der Waals surface area contributed by atoms with Gasteiger partial charge in [0.2, 0.25) is 0 Å². The van der Waals surface area contributed by atoms with Crippen molar-refractivity contribution in [2.24, 2.45) is 0 Å². The summed E-state index contributed by atoms with van der Waals surface area (Å²) in [7, 11) is 1.84. The molecule has 20 heavy (non-hydrogen) atoms. The van der Waals surface area contributed by atoms with Crippen molar-refractivity contribution in [1.29, 1.82) is 5.26 Å². The zero-order valence-corrected chi connectivity index (χ0v) is 11.4. The molecule has 0 radical (unpaired) electrons.